The Hall–Kier alpha value is -2.21. The van der Waals surface area contributed by atoms with E-state index in [9.17, 15) is 9.59 Å². The van der Waals surface area contributed by atoms with Crippen molar-refractivity contribution in [3.05, 3.63) is 40.3 Å². The van der Waals surface area contributed by atoms with Crippen LogP contribution in [0.5, 0.6) is 0 Å². The number of likely N-dealkylation sites (N-methyl/N-ethyl adjacent to an activating group) is 1. The van der Waals surface area contributed by atoms with Gasteiger partial charge in [0.1, 0.15) is 13.2 Å². The van der Waals surface area contributed by atoms with E-state index in [0.29, 0.717) is 18.5 Å². The number of nitrogens with zero attached hydrogens (tertiary/aromatic N) is 3. The number of hydrogen-bond donors (Lipinski definition) is 0. The van der Waals surface area contributed by atoms with Crippen molar-refractivity contribution in [2.75, 3.05) is 26.2 Å². The fourth-order valence-electron chi connectivity index (χ4n) is 2.51. The number of fused-ring (bicyclic) bond motifs is 1. The lowest BCUT2D eigenvalue weighted by Gasteiger charge is -2.17. The minimum Gasteiger partial charge on any atom is -0.463 e. The van der Waals surface area contributed by atoms with Crippen LogP contribution in [0, 0.1) is 6.92 Å². The summed E-state index contributed by atoms with van der Waals surface area (Å²) in [5.74, 6) is -0.443. The zero-order chi connectivity index (χ0) is 16.8. The van der Waals surface area contributed by atoms with Gasteiger partial charge in [0.25, 0.3) is 5.56 Å². The molecule has 2 aromatic rings. The lowest BCUT2D eigenvalue weighted by molar-refractivity contribution is -0.145. The van der Waals surface area contributed by atoms with Crippen LogP contribution in [0.15, 0.2) is 29.1 Å². The molecule has 0 aliphatic rings. The molecule has 0 radical (unpaired) electrons. The SMILES string of the molecule is CCN(CC)CCOC(=O)Cn1nc(C)c2ccccc2c1=O. The molecule has 0 saturated carbocycles. The predicted molar refractivity (Wildman–Crippen MR) is 89.5 cm³/mol. The number of hydrogen-bond acceptors (Lipinski definition) is 5. The van der Waals surface area contributed by atoms with Crippen molar-refractivity contribution in [2.24, 2.45) is 0 Å². The van der Waals surface area contributed by atoms with Gasteiger partial charge in [0, 0.05) is 11.9 Å². The Balaban J connectivity index is 2.06. The average molecular weight is 317 g/mol. The summed E-state index contributed by atoms with van der Waals surface area (Å²) in [4.78, 5) is 26.5. The fraction of sp³-hybridized carbons (Fsp3) is 0.471. The highest BCUT2D eigenvalue weighted by molar-refractivity contribution is 5.83. The zero-order valence-electron chi connectivity index (χ0n) is 13.9. The molecule has 23 heavy (non-hydrogen) atoms. The molecule has 6 heteroatoms. The van der Waals surface area contributed by atoms with E-state index in [1.807, 2.05) is 19.1 Å². The number of aryl methyl sites for hydroxylation is 1. The van der Waals surface area contributed by atoms with Gasteiger partial charge in [-0.3, -0.25) is 9.59 Å². The first-order chi connectivity index (χ1) is 11.1. The summed E-state index contributed by atoms with van der Waals surface area (Å²) in [5, 5.41) is 5.58. The molecule has 0 aliphatic heterocycles. The van der Waals surface area contributed by atoms with Crippen molar-refractivity contribution < 1.29 is 9.53 Å². The first-order valence-corrected chi connectivity index (χ1v) is 7.91. The highest BCUT2D eigenvalue weighted by Crippen LogP contribution is 2.11. The maximum absolute atomic E-state index is 12.4. The lowest BCUT2D eigenvalue weighted by atomic mass is 10.1. The van der Waals surface area contributed by atoms with Gasteiger partial charge in [0.2, 0.25) is 0 Å². The molecule has 0 spiro atoms. The number of esters is 1. The summed E-state index contributed by atoms with van der Waals surface area (Å²) in [5.41, 5.74) is 0.447. The van der Waals surface area contributed by atoms with Gasteiger partial charge in [0.15, 0.2) is 0 Å². The molecule has 6 nitrogen and oxygen atoms in total. The number of benzene rings is 1. The van der Waals surface area contributed by atoms with Crippen LogP contribution in [0.4, 0.5) is 0 Å². The topological polar surface area (TPSA) is 64.4 Å². The largest absolute Gasteiger partial charge is 0.463 e. The van der Waals surface area contributed by atoms with Gasteiger partial charge in [-0.1, -0.05) is 32.0 Å². The molecule has 0 N–H and O–H groups in total. The Bertz CT molecular complexity index is 735. The average Bonchev–Trinajstić information content (AvgIpc) is 2.56. The highest BCUT2D eigenvalue weighted by atomic mass is 16.5. The van der Waals surface area contributed by atoms with E-state index in [0.717, 1.165) is 24.2 Å². The summed E-state index contributed by atoms with van der Waals surface area (Å²) in [6, 6.07) is 7.26. The second-order valence-electron chi connectivity index (χ2n) is 5.34. The number of aromatic nitrogens is 2. The van der Waals surface area contributed by atoms with Crippen molar-refractivity contribution in [3.8, 4) is 0 Å². The number of rotatable bonds is 7. The molecule has 0 fully saturated rings. The van der Waals surface area contributed by atoms with Crippen LogP contribution in [0.25, 0.3) is 10.8 Å². The molecule has 2 rings (SSSR count). The molecule has 1 aromatic carbocycles. The van der Waals surface area contributed by atoms with Crippen LogP contribution >= 0.6 is 0 Å². The number of carbonyl (C=O) groups excluding carboxylic acids is 1. The molecule has 0 unspecified atom stereocenters. The highest BCUT2D eigenvalue weighted by Gasteiger charge is 2.12. The Morgan fingerprint density at radius 2 is 1.87 bits per heavy atom. The van der Waals surface area contributed by atoms with Crippen molar-refractivity contribution in [1.82, 2.24) is 14.7 Å². The van der Waals surface area contributed by atoms with Crippen molar-refractivity contribution >= 4 is 16.7 Å². The van der Waals surface area contributed by atoms with Crippen LogP contribution in [0.2, 0.25) is 0 Å². The second kappa shape index (κ2) is 7.87. The van der Waals surface area contributed by atoms with Gasteiger partial charge >= 0.3 is 5.97 Å². The predicted octanol–water partition coefficient (Wildman–Crippen LogP) is 1.59. The van der Waals surface area contributed by atoms with Crippen molar-refractivity contribution in [1.29, 1.82) is 0 Å². The van der Waals surface area contributed by atoms with Gasteiger partial charge < -0.3 is 9.64 Å². The number of carbonyl (C=O) groups is 1. The maximum Gasteiger partial charge on any atom is 0.327 e. The molecule has 1 aromatic heterocycles. The smallest absolute Gasteiger partial charge is 0.327 e. The van der Waals surface area contributed by atoms with Gasteiger partial charge in [-0.05, 0) is 26.1 Å². The van der Waals surface area contributed by atoms with Crippen LogP contribution < -0.4 is 5.56 Å². The maximum atomic E-state index is 12.4. The summed E-state index contributed by atoms with van der Waals surface area (Å²) in [7, 11) is 0. The summed E-state index contributed by atoms with van der Waals surface area (Å²) in [6.07, 6.45) is 0. The molecule has 1 heterocycles. The van der Waals surface area contributed by atoms with Crippen LogP contribution in [0.3, 0.4) is 0 Å². The monoisotopic (exact) mass is 317 g/mol. The zero-order valence-corrected chi connectivity index (χ0v) is 13.9. The van der Waals surface area contributed by atoms with Crippen molar-refractivity contribution in [3.63, 3.8) is 0 Å². The Morgan fingerprint density at radius 1 is 1.22 bits per heavy atom. The van der Waals surface area contributed by atoms with E-state index in [-0.39, 0.29) is 12.1 Å². The Kier molecular flexibility index (Phi) is 5.87. The molecule has 124 valence electrons. The van der Waals surface area contributed by atoms with Gasteiger partial charge in [-0.2, -0.15) is 5.10 Å². The minimum absolute atomic E-state index is 0.164. The van der Waals surface area contributed by atoms with Crippen LogP contribution in [-0.4, -0.2) is 46.9 Å². The molecule has 0 aliphatic carbocycles. The van der Waals surface area contributed by atoms with Gasteiger partial charge in [-0.25, -0.2) is 4.68 Å². The summed E-state index contributed by atoms with van der Waals surface area (Å²) < 4.78 is 6.38. The second-order valence-corrected chi connectivity index (χ2v) is 5.34. The molecule has 0 bridgehead atoms. The molecule has 0 atom stereocenters. The summed E-state index contributed by atoms with van der Waals surface area (Å²) in [6.45, 7) is 8.63. The standard InChI is InChI=1S/C17H23N3O3/c1-4-19(5-2)10-11-23-16(21)12-20-17(22)15-9-7-6-8-14(15)13(3)18-20/h6-9H,4-5,10-12H2,1-3H3. The Labute approximate surface area is 135 Å². The first kappa shape index (κ1) is 17.1. The fourth-order valence-corrected chi connectivity index (χ4v) is 2.51. The third kappa shape index (κ3) is 4.16. The minimum atomic E-state index is -0.443. The number of ether oxygens (including phenoxy) is 1. The van der Waals surface area contributed by atoms with Gasteiger partial charge in [-0.15, -0.1) is 0 Å². The molecule has 0 amide bonds. The van der Waals surface area contributed by atoms with E-state index in [2.05, 4.69) is 23.8 Å². The third-order valence-electron chi connectivity index (χ3n) is 3.90. The Morgan fingerprint density at radius 3 is 2.52 bits per heavy atom. The quantitative estimate of drug-likeness (QED) is 0.726. The van der Waals surface area contributed by atoms with Crippen LogP contribution in [0.1, 0.15) is 19.5 Å². The third-order valence-corrected chi connectivity index (χ3v) is 3.90. The van der Waals surface area contributed by atoms with E-state index < -0.39 is 5.97 Å². The normalized spacial score (nSPS) is 11.1. The van der Waals surface area contributed by atoms with E-state index in [1.165, 1.54) is 4.68 Å². The van der Waals surface area contributed by atoms with Gasteiger partial charge in [0.05, 0.1) is 11.1 Å². The lowest BCUT2D eigenvalue weighted by Crippen LogP contribution is -2.31. The van der Waals surface area contributed by atoms with E-state index >= 15 is 0 Å². The van der Waals surface area contributed by atoms with Crippen molar-refractivity contribution in [2.45, 2.75) is 27.3 Å². The van der Waals surface area contributed by atoms with E-state index in [1.54, 1.807) is 12.1 Å². The van der Waals surface area contributed by atoms with Crippen LogP contribution in [-0.2, 0) is 16.1 Å². The summed E-state index contributed by atoms with van der Waals surface area (Å²) >= 11 is 0. The first-order valence-electron chi connectivity index (χ1n) is 7.91. The van der Waals surface area contributed by atoms with E-state index in [4.69, 9.17) is 4.74 Å². The molecular weight excluding hydrogens is 294 g/mol. The molecule has 0 saturated heterocycles. The molecular formula is C17H23N3O3.